The molecule has 1 aliphatic heterocycles. The zero-order valence-corrected chi connectivity index (χ0v) is 8.32. The fourth-order valence-electron chi connectivity index (χ4n) is 1.75. The van der Waals surface area contributed by atoms with Crippen LogP contribution in [0.25, 0.3) is 0 Å². The van der Waals surface area contributed by atoms with Crippen LogP contribution in [0.3, 0.4) is 0 Å². The summed E-state index contributed by atoms with van der Waals surface area (Å²) in [4.78, 5) is 13.6. The van der Waals surface area contributed by atoms with Crippen molar-refractivity contribution < 1.29 is 9.18 Å². The highest BCUT2D eigenvalue weighted by Gasteiger charge is 2.24. The predicted octanol–water partition coefficient (Wildman–Crippen LogP) is 0.999. The van der Waals surface area contributed by atoms with Crippen LogP contribution in [-0.4, -0.2) is 29.9 Å². The van der Waals surface area contributed by atoms with E-state index in [1.807, 2.05) is 0 Å². The molecule has 3 nitrogen and oxygen atoms in total. The third kappa shape index (κ3) is 2.15. The third-order valence-corrected chi connectivity index (χ3v) is 2.60. The average molecular weight is 208 g/mol. The molecule has 0 saturated carbocycles. The molecule has 1 fully saturated rings. The Morgan fingerprint density at radius 3 is 2.60 bits per heavy atom. The minimum Gasteiger partial charge on any atom is -0.337 e. The van der Waals surface area contributed by atoms with Crippen LogP contribution in [0.15, 0.2) is 24.3 Å². The lowest BCUT2D eigenvalue weighted by molar-refractivity contribution is 0.0791. The molecule has 0 aromatic heterocycles. The van der Waals surface area contributed by atoms with Gasteiger partial charge in [0.25, 0.3) is 5.91 Å². The highest BCUT2D eigenvalue weighted by molar-refractivity contribution is 5.94. The van der Waals surface area contributed by atoms with E-state index >= 15 is 0 Å². The van der Waals surface area contributed by atoms with E-state index in [1.165, 1.54) is 24.3 Å². The van der Waals surface area contributed by atoms with Crippen LogP contribution < -0.4 is 5.73 Å². The van der Waals surface area contributed by atoms with Crippen molar-refractivity contribution in [2.75, 3.05) is 13.1 Å². The van der Waals surface area contributed by atoms with Gasteiger partial charge in [0.2, 0.25) is 0 Å². The SMILES string of the molecule is N[C@H]1CCN(C(=O)c2ccc(F)cc2)C1. The molecule has 0 unspecified atom stereocenters. The van der Waals surface area contributed by atoms with Crippen LogP contribution in [0.1, 0.15) is 16.8 Å². The van der Waals surface area contributed by atoms with Crippen molar-refractivity contribution >= 4 is 5.91 Å². The van der Waals surface area contributed by atoms with E-state index in [0.29, 0.717) is 18.7 Å². The number of benzene rings is 1. The van der Waals surface area contributed by atoms with Gasteiger partial charge >= 0.3 is 0 Å². The number of nitrogens with zero attached hydrogens (tertiary/aromatic N) is 1. The van der Waals surface area contributed by atoms with Gasteiger partial charge in [-0.15, -0.1) is 0 Å². The minimum absolute atomic E-state index is 0.0667. The first-order valence-electron chi connectivity index (χ1n) is 4.97. The van der Waals surface area contributed by atoms with Gasteiger partial charge in [0.05, 0.1) is 0 Å². The molecule has 1 aliphatic rings. The summed E-state index contributed by atoms with van der Waals surface area (Å²) < 4.78 is 12.6. The number of hydrogen-bond acceptors (Lipinski definition) is 2. The number of nitrogens with two attached hydrogens (primary N) is 1. The summed E-state index contributed by atoms with van der Waals surface area (Å²) in [6.07, 6.45) is 0.840. The first-order valence-corrected chi connectivity index (χ1v) is 4.97. The van der Waals surface area contributed by atoms with E-state index in [0.717, 1.165) is 6.42 Å². The number of amides is 1. The Balaban J connectivity index is 2.11. The van der Waals surface area contributed by atoms with Crippen molar-refractivity contribution in [2.24, 2.45) is 5.73 Å². The van der Waals surface area contributed by atoms with Gasteiger partial charge in [0, 0.05) is 24.7 Å². The average Bonchev–Trinajstić information content (AvgIpc) is 2.65. The summed E-state index contributed by atoms with van der Waals surface area (Å²) in [7, 11) is 0. The molecule has 1 heterocycles. The summed E-state index contributed by atoms with van der Waals surface area (Å²) in [6.45, 7) is 1.29. The van der Waals surface area contributed by atoms with Crippen LogP contribution in [0, 0.1) is 5.82 Å². The molecule has 1 atom stereocenters. The molecule has 0 spiro atoms. The number of carbonyl (C=O) groups is 1. The molecule has 2 N–H and O–H groups in total. The van der Waals surface area contributed by atoms with Crippen LogP contribution in [0.4, 0.5) is 4.39 Å². The van der Waals surface area contributed by atoms with Crippen LogP contribution in [0.2, 0.25) is 0 Å². The monoisotopic (exact) mass is 208 g/mol. The van der Waals surface area contributed by atoms with E-state index < -0.39 is 0 Å². The van der Waals surface area contributed by atoms with Gasteiger partial charge in [0.15, 0.2) is 0 Å². The molecule has 1 aromatic rings. The van der Waals surface area contributed by atoms with E-state index in [4.69, 9.17) is 5.73 Å². The Bertz CT molecular complexity index is 363. The van der Waals surface area contributed by atoms with E-state index in [-0.39, 0.29) is 17.8 Å². The van der Waals surface area contributed by atoms with Gasteiger partial charge in [-0.2, -0.15) is 0 Å². The predicted molar refractivity (Wildman–Crippen MR) is 54.9 cm³/mol. The lowest BCUT2D eigenvalue weighted by Crippen LogP contribution is -2.31. The molecule has 1 aromatic carbocycles. The Morgan fingerprint density at radius 1 is 1.40 bits per heavy atom. The fraction of sp³-hybridized carbons (Fsp3) is 0.364. The molecular weight excluding hydrogens is 195 g/mol. The maximum absolute atomic E-state index is 12.6. The number of rotatable bonds is 1. The number of halogens is 1. The van der Waals surface area contributed by atoms with Crippen molar-refractivity contribution in [1.29, 1.82) is 0 Å². The first kappa shape index (κ1) is 10.1. The van der Waals surface area contributed by atoms with Gasteiger partial charge in [-0.25, -0.2) is 4.39 Å². The van der Waals surface area contributed by atoms with Crippen molar-refractivity contribution in [2.45, 2.75) is 12.5 Å². The molecular formula is C11H13FN2O. The molecule has 0 aliphatic carbocycles. The number of carbonyl (C=O) groups excluding carboxylic acids is 1. The maximum Gasteiger partial charge on any atom is 0.253 e. The maximum atomic E-state index is 12.6. The highest BCUT2D eigenvalue weighted by Crippen LogP contribution is 2.12. The Kier molecular flexibility index (Phi) is 2.68. The summed E-state index contributed by atoms with van der Waals surface area (Å²) in [6, 6.07) is 5.67. The normalized spacial score (nSPS) is 20.7. The topological polar surface area (TPSA) is 46.3 Å². The molecule has 1 amide bonds. The zero-order valence-electron chi connectivity index (χ0n) is 8.32. The minimum atomic E-state index is -0.329. The lowest BCUT2D eigenvalue weighted by Gasteiger charge is -2.15. The summed E-state index contributed by atoms with van der Waals surface area (Å²) in [5.41, 5.74) is 6.23. The molecule has 0 radical (unpaired) electrons. The summed E-state index contributed by atoms with van der Waals surface area (Å²) in [5, 5.41) is 0. The second-order valence-corrected chi connectivity index (χ2v) is 3.81. The summed E-state index contributed by atoms with van der Waals surface area (Å²) in [5.74, 6) is -0.396. The first-order chi connectivity index (χ1) is 7.16. The standard InChI is InChI=1S/C11H13FN2O/c12-9-3-1-8(2-4-9)11(15)14-6-5-10(13)7-14/h1-4,10H,5-7,13H2/t10-/m0/s1. The van der Waals surface area contributed by atoms with E-state index in [2.05, 4.69) is 0 Å². The highest BCUT2D eigenvalue weighted by atomic mass is 19.1. The quantitative estimate of drug-likeness (QED) is 0.748. The number of hydrogen-bond donors (Lipinski definition) is 1. The van der Waals surface area contributed by atoms with Crippen molar-refractivity contribution in [1.82, 2.24) is 4.90 Å². The van der Waals surface area contributed by atoms with Crippen LogP contribution in [-0.2, 0) is 0 Å². The van der Waals surface area contributed by atoms with Gasteiger partial charge in [-0.05, 0) is 30.7 Å². The molecule has 1 saturated heterocycles. The smallest absolute Gasteiger partial charge is 0.253 e. The molecule has 0 bridgehead atoms. The Hall–Kier alpha value is -1.42. The van der Waals surface area contributed by atoms with Crippen molar-refractivity contribution in [3.05, 3.63) is 35.6 Å². The molecule has 15 heavy (non-hydrogen) atoms. The van der Waals surface area contributed by atoms with Crippen LogP contribution in [0.5, 0.6) is 0 Å². The number of likely N-dealkylation sites (tertiary alicyclic amines) is 1. The second kappa shape index (κ2) is 3.98. The molecule has 4 heteroatoms. The van der Waals surface area contributed by atoms with Crippen LogP contribution >= 0.6 is 0 Å². The summed E-state index contributed by atoms with van der Waals surface area (Å²) >= 11 is 0. The van der Waals surface area contributed by atoms with E-state index in [1.54, 1.807) is 4.90 Å². The molecule has 2 rings (SSSR count). The van der Waals surface area contributed by atoms with Gasteiger partial charge in [-0.3, -0.25) is 4.79 Å². The van der Waals surface area contributed by atoms with E-state index in [9.17, 15) is 9.18 Å². The van der Waals surface area contributed by atoms with Gasteiger partial charge < -0.3 is 10.6 Å². The largest absolute Gasteiger partial charge is 0.337 e. The van der Waals surface area contributed by atoms with Crippen molar-refractivity contribution in [3.8, 4) is 0 Å². The van der Waals surface area contributed by atoms with Crippen molar-refractivity contribution in [3.63, 3.8) is 0 Å². The molecule has 80 valence electrons. The zero-order chi connectivity index (χ0) is 10.8. The fourth-order valence-corrected chi connectivity index (χ4v) is 1.75. The second-order valence-electron chi connectivity index (χ2n) is 3.81. The van der Waals surface area contributed by atoms with Gasteiger partial charge in [-0.1, -0.05) is 0 Å². The third-order valence-electron chi connectivity index (χ3n) is 2.60. The lowest BCUT2D eigenvalue weighted by atomic mass is 10.2. The Morgan fingerprint density at radius 2 is 2.07 bits per heavy atom. The Labute approximate surface area is 87.7 Å². The van der Waals surface area contributed by atoms with Gasteiger partial charge in [0.1, 0.15) is 5.82 Å².